The predicted octanol–water partition coefficient (Wildman–Crippen LogP) is 4.89. The molecule has 29 heavy (non-hydrogen) atoms. The number of carbonyl (C=O) groups excluding carboxylic acids is 1. The van der Waals surface area contributed by atoms with Crippen molar-refractivity contribution in [1.29, 1.82) is 5.41 Å². The molecular formula is C19H12N4O3S3. The zero-order valence-corrected chi connectivity index (χ0v) is 17.1. The van der Waals surface area contributed by atoms with Crippen LogP contribution in [0.4, 0.5) is 0 Å². The number of aliphatic imine (C=N–C) groups is 1. The molecule has 3 aromatic heterocycles. The molecule has 7 nitrogen and oxygen atoms in total. The standard InChI is InChI=1S/C19H12N4O3S3/c20-16-13(9-11-5-6-15(26-11)28-10-12-3-1-7-25-12)17(24)21-19-23(16)22-18(29-19)14-4-2-8-27-14/h1-9,20H,10H2/b13-9-,20-16?. The van der Waals surface area contributed by atoms with Crippen molar-refractivity contribution in [1.82, 2.24) is 5.01 Å². The molecule has 0 saturated carbocycles. The van der Waals surface area contributed by atoms with Gasteiger partial charge in [-0.2, -0.15) is 15.1 Å². The maximum Gasteiger partial charge on any atom is 0.283 e. The average molecular weight is 441 g/mol. The van der Waals surface area contributed by atoms with Gasteiger partial charge in [-0.05, 0) is 53.5 Å². The summed E-state index contributed by atoms with van der Waals surface area (Å²) in [4.78, 5) is 17.6. The Hall–Kier alpha value is -2.82. The van der Waals surface area contributed by atoms with Crippen molar-refractivity contribution in [2.45, 2.75) is 10.8 Å². The fourth-order valence-corrected chi connectivity index (χ4v) is 5.11. The third kappa shape index (κ3) is 3.61. The zero-order chi connectivity index (χ0) is 19.8. The van der Waals surface area contributed by atoms with Crippen molar-refractivity contribution in [3.63, 3.8) is 0 Å². The molecule has 5 heterocycles. The molecule has 10 heteroatoms. The molecule has 0 aromatic carbocycles. The minimum atomic E-state index is -0.474. The molecule has 0 aliphatic carbocycles. The molecule has 2 aliphatic rings. The van der Waals surface area contributed by atoms with Gasteiger partial charge in [0.1, 0.15) is 16.6 Å². The largest absolute Gasteiger partial charge is 0.468 e. The van der Waals surface area contributed by atoms with E-state index in [0.717, 1.165) is 15.7 Å². The van der Waals surface area contributed by atoms with Crippen LogP contribution in [0.2, 0.25) is 0 Å². The number of carbonyl (C=O) groups is 1. The van der Waals surface area contributed by atoms with Gasteiger partial charge < -0.3 is 8.83 Å². The highest BCUT2D eigenvalue weighted by Crippen LogP contribution is 2.33. The van der Waals surface area contributed by atoms with Gasteiger partial charge in [-0.25, -0.2) is 0 Å². The Bertz CT molecular complexity index is 1170. The molecule has 0 spiro atoms. The van der Waals surface area contributed by atoms with Gasteiger partial charge >= 0.3 is 0 Å². The van der Waals surface area contributed by atoms with Crippen LogP contribution < -0.4 is 0 Å². The maximum atomic E-state index is 12.5. The number of hydrogen-bond acceptors (Lipinski definition) is 8. The van der Waals surface area contributed by atoms with Crippen LogP contribution >= 0.6 is 34.9 Å². The van der Waals surface area contributed by atoms with E-state index in [4.69, 9.17) is 14.2 Å². The second kappa shape index (κ2) is 7.54. The van der Waals surface area contributed by atoms with E-state index in [9.17, 15) is 4.79 Å². The lowest BCUT2D eigenvalue weighted by atomic mass is 10.1. The highest BCUT2D eigenvalue weighted by molar-refractivity contribution is 8.27. The highest BCUT2D eigenvalue weighted by Gasteiger charge is 2.36. The number of hydrazone groups is 1. The first-order valence-corrected chi connectivity index (χ1v) is 11.1. The van der Waals surface area contributed by atoms with E-state index in [1.54, 1.807) is 23.7 Å². The van der Waals surface area contributed by atoms with Gasteiger partial charge in [-0.3, -0.25) is 10.2 Å². The van der Waals surface area contributed by atoms with Crippen molar-refractivity contribution in [3.05, 3.63) is 70.0 Å². The number of amides is 1. The maximum absolute atomic E-state index is 12.5. The molecule has 0 atom stereocenters. The topological polar surface area (TPSA) is 95.2 Å². The van der Waals surface area contributed by atoms with Crippen molar-refractivity contribution in [3.8, 4) is 0 Å². The molecule has 2 aliphatic heterocycles. The Morgan fingerprint density at radius 1 is 1.24 bits per heavy atom. The molecule has 1 N–H and O–H groups in total. The Labute approximate surface area is 177 Å². The summed E-state index contributed by atoms with van der Waals surface area (Å²) in [6.07, 6.45) is 3.16. The normalized spacial score (nSPS) is 17.7. The lowest BCUT2D eigenvalue weighted by Crippen LogP contribution is -2.35. The van der Waals surface area contributed by atoms with E-state index in [0.29, 0.717) is 21.8 Å². The number of nitrogens with zero attached hydrogens (tertiary/aromatic N) is 3. The van der Waals surface area contributed by atoms with Gasteiger partial charge in [0, 0.05) is 0 Å². The number of hydrogen-bond donors (Lipinski definition) is 1. The number of thiophene rings is 1. The Balaban J connectivity index is 1.36. The molecule has 0 fully saturated rings. The molecule has 0 saturated heterocycles. The average Bonchev–Trinajstić information content (AvgIpc) is 3.50. The molecule has 0 unspecified atom stereocenters. The first-order valence-electron chi connectivity index (χ1n) is 8.46. The second-order valence-electron chi connectivity index (χ2n) is 5.93. The number of furan rings is 2. The smallest absolute Gasteiger partial charge is 0.283 e. The molecule has 0 bridgehead atoms. The fourth-order valence-electron chi connectivity index (χ4n) is 2.66. The van der Waals surface area contributed by atoms with Crippen LogP contribution in [0.1, 0.15) is 16.4 Å². The molecule has 1 amide bonds. The van der Waals surface area contributed by atoms with Gasteiger partial charge in [0.2, 0.25) is 5.17 Å². The van der Waals surface area contributed by atoms with Crippen LogP contribution in [0.15, 0.2) is 77.6 Å². The van der Waals surface area contributed by atoms with E-state index >= 15 is 0 Å². The predicted molar refractivity (Wildman–Crippen MR) is 115 cm³/mol. The van der Waals surface area contributed by atoms with Crippen LogP contribution in [-0.4, -0.2) is 27.0 Å². The summed E-state index contributed by atoms with van der Waals surface area (Å²) in [7, 11) is 0. The summed E-state index contributed by atoms with van der Waals surface area (Å²) in [6, 6.07) is 11.2. The Morgan fingerprint density at radius 2 is 2.17 bits per heavy atom. The van der Waals surface area contributed by atoms with Gasteiger partial charge in [-0.15, -0.1) is 11.3 Å². The van der Waals surface area contributed by atoms with E-state index < -0.39 is 5.91 Å². The summed E-state index contributed by atoms with van der Waals surface area (Å²) < 4.78 is 11.1. The molecule has 0 radical (unpaired) electrons. The van der Waals surface area contributed by atoms with Crippen LogP contribution in [-0.2, 0) is 10.5 Å². The number of nitrogens with one attached hydrogen (secondary N) is 1. The molecule has 3 aromatic rings. The number of thioether (sulfide) groups is 2. The van der Waals surface area contributed by atoms with Crippen molar-refractivity contribution in [2.24, 2.45) is 10.1 Å². The quantitative estimate of drug-likeness (QED) is 0.448. The molecule has 5 rings (SSSR count). The van der Waals surface area contributed by atoms with Gasteiger partial charge in [0.15, 0.2) is 10.9 Å². The first kappa shape index (κ1) is 18.2. The monoisotopic (exact) mass is 440 g/mol. The SMILES string of the molecule is N=C1/C(=C/c2ccc(SCc3ccco3)o2)C(=O)N=C2SC(c3cccs3)=NN12. The van der Waals surface area contributed by atoms with Crippen LogP contribution in [0, 0.1) is 5.41 Å². The lowest BCUT2D eigenvalue weighted by molar-refractivity contribution is -0.114. The molecular weight excluding hydrogens is 428 g/mol. The fraction of sp³-hybridized carbons (Fsp3) is 0.0526. The van der Waals surface area contributed by atoms with Gasteiger partial charge in [0.25, 0.3) is 5.91 Å². The highest BCUT2D eigenvalue weighted by atomic mass is 32.2. The van der Waals surface area contributed by atoms with E-state index in [1.807, 2.05) is 35.7 Å². The third-order valence-electron chi connectivity index (χ3n) is 4.01. The molecule has 144 valence electrons. The van der Waals surface area contributed by atoms with Crippen molar-refractivity contribution >= 4 is 62.9 Å². The summed E-state index contributed by atoms with van der Waals surface area (Å²) in [5.41, 5.74) is 0.141. The summed E-state index contributed by atoms with van der Waals surface area (Å²) in [5, 5.41) is 18.1. The van der Waals surface area contributed by atoms with E-state index in [2.05, 4.69) is 10.1 Å². The Kier molecular flexibility index (Phi) is 4.74. The lowest BCUT2D eigenvalue weighted by Gasteiger charge is -2.19. The van der Waals surface area contributed by atoms with Gasteiger partial charge in [-0.1, -0.05) is 17.8 Å². The zero-order valence-electron chi connectivity index (χ0n) is 14.7. The minimum Gasteiger partial charge on any atom is -0.468 e. The van der Waals surface area contributed by atoms with Crippen molar-refractivity contribution < 1.29 is 13.6 Å². The minimum absolute atomic E-state index is 0.0137. The summed E-state index contributed by atoms with van der Waals surface area (Å²) in [6.45, 7) is 0. The number of amidine groups is 2. The summed E-state index contributed by atoms with van der Waals surface area (Å²) in [5.74, 6) is 1.48. The number of rotatable bonds is 5. The van der Waals surface area contributed by atoms with Gasteiger partial charge in [0.05, 0.1) is 22.5 Å². The van der Waals surface area contributed by atoms with Crippen LogP contribution in [0.3, 0.4) is 0 Å². The van der Waals surface area contributed by atoms with Crippen molar-refractivity contribution in [2.75, 3.05) is 0 Å². The van der Waals surface area contributed by atoms with E-state index in [-0.39, 0.29) is 11.4 Å². The van der Waals surface area contributed by atoms with E-state index in [1.165, 1.54) is 34.6 Å². The third-order valence-corrected chi connectivity index (χ3v) is 6.89. The summed E-state index contributed by atoms with van der Waals surface area (Å²) >= 11 is 4.33. The van der Waals surface area contributed by atoms with Crippen LogP contribution in [0.5, 0.6) is 0 Å². The second-order valence-corrected chi connectivity index (χ2v) is 8.81. The number of fused-ring (bicyclic) bond motifs is 1. The first-order chi connectivity index (χ1) is 14.2. The Morgan fingerprint density at radius 3 is 2.97 bits per heavy atom. The van der Waals surface area contributed by atoms with Crippen LogP contribution in [0.25, 0.3) is 6.08 Å².